The molecule has 21 heavy (non-hydrogen) atoms. The molecular weight excluding hydrogens is 334 g/mol. The monoisotopic (exact) mass is 347 g/mol. The molecule has 1 aromatic carbocycles. The van der Waals surface area contributed by atoms with Crippen LogP contribution >= 0.6 is 15.9 Å². The third-order valence-electron chi connectivity index (χ3n) is 3.85. The van der Waals surface area contributed by atoms with Gasteiger partial charge < -0.3 is 4.42 Å². The summed E-state index contributed by atoms with van der Waals surface area (Å²) in [7, 11) is 1.52. The van der Waals surface area contributed by atoms with Gasteiger partial charge in [0.05, 0.1) is 17.5 Å². The molecule has 0 saturated heterocycles. The highest BCUT2D eigenvalue weighted by Gasteiger charge is 2.29. The van der Waals surface area contributed by atoms with E-state index in [0.717, 1.165) is 22.5 Å². The second-order valence-corrected chi connectivity index (χ2v) is 6.06. The summed E-state index contributed by atoms with van der Waals surface area (Å²) in [4.78, 5) is 25.1. The predicted molar refractivity (Wildman–Crippen MR) is 81.5 cm³/mol. The summed E-state index contributed by atoms with van der Waals surface area (Å²) in [5, 5.41) is 0. The number of rotatable bonds is 2. The van der Waals surface area contributed by atoms with Gasteiger partial charge in [-0.25, -0.2) is 0 Å². The van der Waals surface area contributed by atoms with Crippen molar-refractivity contribution in [1.29, 1.82) is 0 Å². The quantitative estimate of drug-likeness (QED) is 0.619. The lowest BCUT2D eigenvalue weighted by molar-refractivity contribution is -0.127. The molecule has 0 aliphatic carbocycles. The minimum atomic E-state index is -0.244. The van der Waals surface area contributed by atoms with E-state index in [-0.39, 0.29) is 23.1 Å². The second-order valence-electron chi connectivity index (χ2n) is 5.15. The number of fused-ring (bicyclic) bond motifs is 1. The van der Waals surface area contributed by atoms with Gasteiger partial charge in [-0.3, -0.25) is 14.5 Å². The van der Waals surface area contributed by atoms with E-state index in [9.17, 15) is 9.59 Å². The zero-order valence-corrected chi connectivity index (χ0v) is 13.3. The van der Waals surface area contributed by atoms with Crippen LogP contribution in [0, 0.1) is 6.92 Å². The highest BCUT2D eigenvalue weighted by atomic mass is 79.9. The highest BCUT2D eigenvalue weighted by Crippen LogP contribution is 2.35. The molecule has 0 spiro atoms. The Hall–Kier alpha value is -1.88. The first-order chi connectivity index (χ1) is 9.99. The van der Waals surface area contributed by atoms with Crippen LogP contribution in [0.4, 0.5) is 0 Å². The van der Waals surface area contributed by atoms with E-state index in [1.807, 2.05) is 31.2 Å². The minimum Gasteiger partial charge on any atom is -0.469 e. The molecule has 3 rings (SSSR count). The van der Waals surface area contributed by atoms with Crippen LogP contribution < -0.4 is 0 Å². The molecule has 2 aromatic rings. The van der Waals surface area contributed by atoms with Crippen molar-refractivity contribution < 1.29 is 14.0 Å². The summed E-state index contributed by atoms with van der Waals surface area (Å²) >= 11 is 3.65. The zero-order valence-electron chi connectivity index (χ0n) is 11.7. The Labute approximate surface area is 130 Å². The Morgan fingerprint density at radius 1 is 1.29 bits per heavy atom. The van der Waals surface area contributed by atoms with Gasteiger partial charge in [-0.1, -0.05) is 28.1 Å². The Bertz CT molecular complexity index is 735. The van der Waals surface area contributed by atoms with Gasteiger partial charge in [-0.15, -0.1) is 0 Å². The summed E-state index contributed by atoms with van der Waals surface area (Å²) in [5.74, 6) is 0.432. The van der Waals surface area contributed by atoms with Crippen LogP contribution in [0.5, 0.6) is 0 Å². The first kappa shape index (κ1) is 14.1. The normalized spacial score (nSPS) is 16.0. The molecule has 0 fully saturated rings. The summed E-state index contributed by atoms with van der Waals surface area (Å²) in [6.07, 6.45) is 1.92. The van der Waals surface area contributed by atoms with Crippen LogP contribution in [0.2, 0.25) is 0 Å². The van der Waals surface area contributed by atoms with Crippen LogP contribution in [0.15, 0.2) is 34.9 Å². The lowest BCUT2D eigenvalue weighted by Gasteiger charge is -2.24. The smallest absolute Gasteiger partial charge is 0.260 e. The van der Waals surface area contributed by atoms with E-state index in [1.165, 1.54) is 11.9 Å². The van der Waals surface area contributed by atoms with Crippen LogP contribution in [0.1, 0.15) is 37.6 Å². The molecule has 108 valence electrons. The molecule has 0 radical (unpaired) electrons. The van der Waals surface area contributed by atoms with Gasteiger partial charge >= 0.3 is 0 Å². The maximum Gasteiger partial charge on any atom is 0.260 e. The van der Waals surface area contributed by atoms with Crippen LogP contribution in [0.3, 0.4) is 0 Å². The fourth-order valence-corrected chi connectivity index (χ4v) is 3.28. The molecular formula is C16H14BrNO3. The number of carbonyl (C=O) groups is 2. The molecule has 4 nitrogen and oxygen atoms in total. The van der Waals surface area contributed by atoms with E-state index < -0.39 is 0 Å². The first-order valence-electron chi connectivity index (χ1n) is 6.61. The average Bonchev–Trinajstić information content (AvgIpc) is 2.90. The zero-order chi connectivity index (χ0) is 15.1. The summed E-state index contributed by atoms with van der Waals surface area (Å²) in [5.41, 5.74) is 3.38. The number of nitrogens with zero attached hydrogens (tertiary/aromatic N) is 1. The number of alkyl halides is 1. The van der Waals surface area contributed by atoms with Crippen molar-refractivity contribution >= 4 is 27.7 Å². The fraction of sp³-hybridized carbons (Fsp3) is 0.250. The van der Waals surface area contributed by atoms with Gasteiger partial charge in [0.1, 0.15) is 5.76 Å². The van der Waals surface area contributed by atoms with Crippen molar-refractivity contribution in [1.82, 2.24) is 4.90 Å². The number of aryl methyl sites for hydroxylation is 1. The van der Waals surface area contributed by atoms with Crippen LogP contribution in [0.25, 0.3) is 0 Å². The highest BCUT2D eigenvalue weighted by molar-refractivity contribution is 9.09. The molecule has 0 N–H and O–H groups in total. The van der Waals surface area contributed by atoms with Gasteiger partial charge in [-0.2, -0.15) is 0 Å². The van der Waals surface area contributed by atoms with Gasteiger partial charge in [-0.05, 0) is 30.2 Å². The van der Waals surface area contributed by atoms with Crippen molar-refractivity contribution in [3.05, 3.63) is 58.5 Å². The number of carbonyl (C=O) groups excluding carboxylic acids is 2. The molecule has 1 atom stereocenters. The Balaban J connectivity index is 2.02. The van der Waals surface area contributed by atoms with Gasteiger partial charge in [0.15, 0.2) is 0 Å². The van der Waals surface area contributed by atoms with E-state index in [1.54, 1.807) is 6.26 Å². The van der Waals surface area contributed by atoms with E-state index >= 15 is 0 Å². The van der Waals surface area contributed by atoms with E-state index in [2.05, 4.69) is 15.9 Å². The Morgan fingerprint density at radius 3 is 2.71 bits per heavy atom. The standard InChI is InChI=1S/C16H14BrNO3/c1-9-12(5-6-21-9)15(17)11-4-3-10-8-14(19)18(2)16(20)13(10)7-11/h3-7,15H,8H2,1-2H3. The molecule has 5 heteroatoms. The summed E-state index contributed by atoms with van der Waals surface area (Å²) < 4.78 is 5.32. The number of furan rings is 1. The maximum absolute atomic E-state index is 12.2. The maximum atomic E-state index is 12.2. The van der Waals surface area contributed by atoms with Gasteiger partial charge in [0, 0.05) is 18.2 Å². The number of likely N-dealkylation sites (N-methyl/N-ethyl adjacent to an activating group) is 1. The molecule has 0 bridgehead atoms. The largest absolute Gasteiger partial charge is 0.469 e. The number of hydrogen-bond donors (Lipinski definition) is 0. The van der Waals surface area contributed by atoms with Crippen molar-refractivity contribution in [2.24, 2.45) is 0 Å². The molecule has 1 aromatic heterocycles. The molecule has 0 saturated carbocycles. The third-order valence-corrected chi connectivity index (χ3v) is 4.87. The molecule has 1 aliphatic heterocycles. The van der Waals surface area contributed by atoms with Crippen molar-refractivity contribution in [3.63, 3.8) is 0 Å². The molecule has 2 amide bonds. The fourth-order valence-electron chi connectivity index (χ4n) is 2.52. The Kier molecular flexibility index (Phi) is 3.45. The lowest BCUT2D eigenvalue weighted by Crippen LogP contribution is -2.39. The molecule has 1 aliphatic rings. The lowest BCUT2D eigenvalue weighted by atomic mass is 9.94. The number of hydrogen-bond acceptors (Lipinski definition) is 3. The van der Waals surface area contributed by atoms with Crippen LogP contribution in [-0.2, 0) is 11.2 Å². The number of amides is 2. The second kappa shape index (κ2) is 5.15. The number of benzene rings is 1. The minimum absolute atomic E-state index is 0.0442. The SMILES string of the molecule is Cc1occc1C(Br)c1ccc2c(c1)C(=O)N(C)C(=O)C2. The summed E-state index contributed by atoms with van der Waals surface area (Å²) in [6.45, 7) is 1.90. The first-order valence-corrected chi connectivity index (χ1v) is 7.52. The van der Waals surface area contributed by atoms with Crippen LogP contribution in [-0.4, -0.2) is 23.8 Å². The van der Waals surface area contributed by atoms with Crippen molar-refractivity contribution in [2.45, 2.75) is 18.2 Å². The average molecular weight is 348 g/mol. The third kappa shape index (κ3) is 2.31. The molecule has 2 heterocycles. The van der Waals surface area contributed by atoms with Crippen molar-refractivity contribution in [3.8, 4) is 0 Å². The molecule has 1 unspecified atom stereocenters. The van der Waals surface area contributed by atoms with E-state index in [4.69, 9.17) is 4.42 Å². The van der Waals surface area contributed by atoms with Gasteiger partial charge in [0.25, 0.3) is 5.91 Å². The van der Waals surface area contributed by atoms with Gasteiger partial charge in [0.2, 0.25) is 5.91 Å². The van der Waals surface area contributed by atoms with E-state index in [0.29, 0.717) is 5.56 Å². The number of imide groups is 1. The van der Waals surface area contributed by atoms with Crippen molar-refractivity contribution in [2.75, 3.05) is 7.05 Å². The topological polar surface area (TPSA) is 50.5 Å². The Morgan fingerprint density at radius 2 is 2.05 bits per heavy atom. The predicted octanol–water partition coefficient (Wildman–Crippen LogP) is 3.23. The number of halogens is 1. The summed E-state index contributed by atoms with van der Waals surface area (Å²) in [6, 6.07) is 7.56.